The van der Waals surface area contributed by atoms with Crippen LogP contribution in [0.15, 0.2) is 0 Å². The molecule has 15 heavy (non-hydrogen) atoms. The van der Waals surface area contributed by atoms with Crippen LogP contribution in [0.1, 0.15) is 32.6 Å². The number of amides is 1. The van der Waals surface area contributed by atoms with Gasteiger partial charge in [0, 0.05) is 0 Å². The van der Waals surface area contributed by atoms with Crippen molar-refractivity contribution in [2.45, 2.75) is 43.4 Å². The number of carbonyl (C=O) groups excluding carboxylic acids is 1. The topological polar surface area (TPSA) is 66.4 Å². The monoisotopic (exact) mass is 231 g/mol. The number of carboxylic acids is 1. The van der Waals surface area contributed by atoms with Crippen molar-refractivity contribution in [2.24, 2.45) is 0 Å². The molecule has 0 saturated heterocycles. The number of aliphatic carboxylic acids is 1. The summed E-state index contributed by atoms with van der Waals surface area (Å²) in [6, 6.07) is 0. The van der Waals surface area contributed by atoms with E-state index < -0.39 is 11.5 Å². The molecule has 0 bridgehead atoms. The van der Waals surface area contributed by atoms with Crippen molar-refractivity contribution in [3.63, 3.8) is 0 Å². The summed E-state index contributed by atoms with van der Waals surface area (Å²) in [5.41, 5.74) is -0.465. The Morgan fingerprint density at radius 1 is 1.53 bits per heavy atom. The molecule has 0 radical (unpaired) electrons. The lowest BCUT2D eigenvalue weighted by atomic mass is 9.74. The lowest BCUT2D eigenvalue weighted by Gasteiger charge is -2.42. The minimum absolute atomic E-state index is 0.0415. The summed E-state index contributed by atoms with van der Waals surface area (Å²) in [6.45, 7) is 1.83. The van der Waals surface area contributed by atoms with Gasteiger partial charge in [0.25, 0.3) is 0 Å². The van der Waals surface area contributed by atoms with E-state index in [-0.39, 0.29) is 17.6 Å². The second kappa shape index (κ2) is 4.88. The Bertz CT molecular complexity index is 263. The van der Waals surface area contributed by atoms with Crippen molar-refractivity contribution in [1.82, 2.24) is 5.32 Å². The van der Waals surface area contributed by atoms with Crippen LogP contribution >= 0.6 is 11.8 Å². The molecule has 0 aliphatic heterocycles. The number of hydrogen-bond donors (Lipinski definition) is 2. The van der Waals surface area contributed by atoms with E-state index in [1.165, 1.54) is 11.8 Å². The molecule has 1 aliphatic rings. The number of carbonyl (C=O) groups is 2. The van der Waals surface area contributed by atoms with E-state index in [2.05, 4.69) is 5.32 Å². The fourth-order valence-corrected chi connectivity index (χ4v) is 1.98. The number of hydrogen-bond acceptors (Lipinski definition) is 3. The first-order valence-electron chi connectivity index (χ1n) is 5.06. The van der Waals surface area contributed by atoms with Gasteiger partial charge in [0.2, 0.25) is 5.91 Å². The van der Waals surface area contributed by atoms with Crippen molar-refractivity contribution in [3.8, 4) is 0 Å². The number of rotatable bonds is 5. The Labute approximate surface area is 93.8 Å². The maximum Gasteiger partial charge on any atom is 0.305 e. The first-order chi connectivity index (χ1) is 6.99. The van der Waals surface area contributed by atoms with Crippen LogP contribution in [0.4, 0.5) is 0 Å². The fraction of sp³-hybridized carbons (Fsp3) is 0.800. The summed E-state index contributed by atoms with van der Waals surface area (Å²) in [4.78, 5) is 22.3. The van der Waals surface area contributed by atoms with Crippen molar-refractivity contribution in [2.75, 3.05) is 6.26 Å². The molecule has 0 aromatic heterocycles. The van der Waals surface area contributed by atoms with E-state index >= 15 is 0 Å². The van der Waals surface area contributed by atoms with Crippen LogP contribution in [0, 0.1) is 0 Å². The van der Waals surface area contributed by atoms with E-state index in [4.69, 9.17) is 5.11 Å². The highest BCUT2D eigenvalue weighted by molar-refractivity contribution is 7.99. The molecular weight excluding hydrogens is 214 g/mol. The van der Waals surface area contributed by atoms with Crippen molar-refractivity contribution in [1.29, 1.82) is 0 Å². The zero-order valence-electron chi connectivity index (χ0n) is 9.08. The van der Waals surface area contributed by atoms with Gasteiger partial charge in [-0.15, -0.1) is 0 Å². The Balaban J connectivity index is 2.53. The van der Waals surface area contributed by atoms with Crippen LogP contribution in [-0.4, -0.2) is 34.0 Å². The predicted molar refractivity (Wildman–Crippen MR) is 60.0 cm³/mol. The molecular formula is C10H17NO3S. The largest absolute Gasteiger partial charge is 0.481 e. The van der Waals surface area contributed by atoms with Crippen LogP contribution < -0.4 is 5.32 Å². The molecule has 1 atom stereocenters. The predicted octanol–water partition coefficient (Wildman–Crippen LogP) is 1.25. The van der Waals surface area contributed by atoms with Gasteiger partial charge in [0.05, 0.1) is 17.2 Å². The van der Waals surface area contributed by atoms with E-state index in [1.54, 1.807) is 0 Å². The van der Waals surface area contributed by atoms with Gasteiger partial charge in [-0.05, 0) is 32.4 Å². The van der Waals surface area contributed by atoms with Crippen LogP contribution in [0.25, 0.3) is 0 Å². The summed E-state index contributed by atoms with van der Waals surface area (Å²) in [5, 5.41) is 11.5. The summed E-state index contributed by atoms with van der Waals surface area (Å²) < 4.78 is 0. The van der Waals surface area contributed by atoms with Crippen LogP contribution in [0.3, 0.4) is 0 Å². The van der Waals surface area contributed by atoms with E-state index in [1.807, 2.05) is 13.2 Å². The van der Waals surface area contributed by atoms with Crippen molar-refractivity contribution >= 4 is 23.6 Å². The Hall–Kier alpha value is -0.710. The van der Waals surface area contributed by atoms with Gasteiger partial charge in [0.1, 0.15) is 0 Å². The smallest absolute Gasteiger partial charge is 0.305 e. The molecule has 4 nitrogen and oxygen atoms in total. The van der Waals surface area contributed by atoms with E-state index in [0.29, 0.717) is 0 Å². The molecule has 1 saturated carbocycles. The highest BCUT2D eigenvalue weighted by Crippen LogP contribution is 2.35. The summed E-state index contributed by atoms with van der Waals surface area (Å²) >= 11 is 1.47. The molecule has 1 rings (SSSR count). The third kappa shape index (κ3) is 3.12. The van der Waals surface area contributed by atoms with Gasteiger partial charge in [-0.1, -0.05) is 0 Å². The van der Waals surface area contributed by atoms with Gasteiger partial charge in [-0.25, -0.2) is 0 Å². The maximum atomic E-state index is 11.6. The zero-order chi connectivity index (χ0) is 11.5. The molecule has 1 unspecified atom stereocenters. The second-order valence-electron chi connectivity index (χ2n) is 4.07. The molecule has 5 heteroatoms. The molecule has 1 fully saturated rings. The van der Waals surface area contributed by atoms with Crippen molar-refractivity contribution < 1.29 is 14.7 Å². The van der Waals surface area contributed by atoms with Crippen LogP contribution in [0.5, 0.6) is 0 Å². The van der Waals surface area contributed by atoms with Gasteiger partial charge < -0.3 is 10.4 Å². The van der Waals surface area contributed by atoms with Crippen molar-refractivity contribution in [3.05, 3.63) is 0 Å². The molecule has 0 spiro atoms. The molecule has 0 heterocycles. The molecule has 1 amide bonds. The number of carboxylic acid groups (broad SMARTS) is 1. The quantitative estimate of drug-likeness (QED) is 0.747. The standard InChI is InChI=1S/C10H17NO3S/c1-7(15-2)9(14)11-10(4-3-5-10)6-8(12)13/h7H,3-6H2,1-2H3,(H,11,14)(H,12,13). The Morgan fingerprint density at radius 3 is 2.47 bits per heavy atom. The lowest BCUT2D eigenvalue weighted by Crippen LogP contribution is -2.56. The normalized spacial score (nSPS) is 20.1. The third-order valence-electron chi connectivity index (χ3n) is 2.91. The van der Waals surface area contributed by atoms with Gasteiger partial charge in [0.15, 0.2) is 0 Å². The average Bonchev–Trinajstić information content (AvgIpc) is 2.12. The van der Waals surface area contributed by atoms with Gasteiger partial charge in [-0.2, -0.15) is 11.8 Å². The van der Waals surface area contributed by atoms with Crippen LogP contribution in [0.2, 0.25) is 0 Å². The first kappa shape index (κ1) is 12.4. The van der Waals surface area contributed by atoms with E-state index in [9.17, 15) is 9.59 Å². The minimum Gasteiger partial charge on any atom is -0.481 e. The average molecular weight is 231 g/mol. The minimum atomic E-state index is -0.841. The van der Waals surface area contributed by atoms with Gasteiger partial charge in [-0.3, -0.25) is 9.59 Å². The molecule has 1 aliphatic carbocycles. The number of thioether (sulfide) groups is 1. The highest BCUT2D eigenvalue weighted by atomic mass is 32.2. The second-order valence-corrected chi connectivity index (χ2v) is 5.25. The molecule has 86 valence electrons. The van der Waals surface area contributed by atoms with Gasteiger partial charge >= 0.3 is 5.97 Å². The molecule has 2 N–H and O–H groups in total. The zero-order valence-corrected chi connectivity index (χ0v) is 9.89. The summed E-state index contributed by atoms with van der Waals surface area (Å²) in [7, 11) is 0. The summed E-state index contributed by atoms with van der Waals surface area (Å²) in [5.74, 6) is -0.893. The third-order valence-corrected chi connectivity index (χ3v) is 3.83. The lowest BCUT2D eigenvalue weighted by molar-refractivity contribution is -0.140. The Kier molecular flexibility index (Phi) is 4.02. The highest BCUT2D eigenvalue weighted by Gasteiger charge is 2.40. The van der Waals surface area contributed by atoms with E-state index in [0.717, 1.165) is 19.3 Å². The molecule has 0 aromatic carbocycles. The summed E-state index contributed by atoms with van der Waals surface area (Å²) in [6.07, 6.45) is 4.48. The molecule has 0 aromatic rings. The Morgan fingerprint density at radius 2 is 2.13 bits per heavy atom. The maximum absolute atomic E-state index is 11.6. The number of nitrogens with one attached hydrogen (secondary N) is 1. The SMILES string of the molecule is CSC(C)C(=O)NC1(CC(=O)O)CCC1. The fourth-order valence-electron chi connectivity index (χ4n) is 1.71. The first-order valence-corrected chi connectivity index (χ1v) is 6.34. The van der Waals surface area contributed by atoms with Crippen LogP contribution in [-0.2, 0) is 9.59 Å².